The van der Waals surface area contributed by atoms with Gasteiger partial charge in [0.15, 0.2) is 0 Å². The Morgan fingerprint density at radius 1 is 1.60 bits per heavy atom. The van der Waals surface area contributed by atoms with Crippen molar-refractivity contribution in [3.8, 4) is 0 Å². The summed E-state index contributed by atoms with van der Waals surface area (Å²) in [6.45, 7) is 6.73. The van der Waals surface area contributed by atoms with E-state index in [0.29, 0.717) is 0 Å². The summed E-state index contributed by atoms with van der Waals surface area (Å²) in [7, 11) is 0. The molecule has 0 fully saturated rings. The predicted octanol–water partition coefficient (Wildman–Crippen LogP) is 3.31. The largest absolute Gasteiger partial charge is 0.0811 e. The van der Waals surface area contributed by atoms with Crippen LogP contribution < -0.4 is 0 Å². The first kappa shape index (κ1) is 7.59. The van der Waals surface area contributed by atoms with Gasteiger partial charge in [0, 0.05) is 0 Å². The van der Waals surface area contributed by atoms with E-state index >= 15 is 0 Å². The van der Waals surface area contributed by atoms with E-state index in [-0.39, 0.29) is 0 Å². The van der Waals surface area contributed by atoms with Crippen LogP contribution in [0.1, 0.15) is 33.6 Å². The van der Waals surface area contributed by atoms with E-state index in [0.717, 1.165) is 5.92 Å². The number of hydrogen-bond donors (Lipinski definition) is 0. The summed E-state index contributed by atoms with van der Waals surface area (Å²) in [5, 5.41) is 0. The lowest BCUT2D eigenvalue weighted by Crippen LogP contribution is -1.99. The molecule has 0 aromatic carbocycles. The van der Waals surface area contributed by atoms with Gasteiger partial charge in [-0.1, -0.05) is 37.1 Å². The maximum Gasteiger partial charge on any atom is -0.0221 e. The van der Waals surface area contributed by atoms with Gasteiger partial charge in [0.05, 0.1) is 0 Å². The molecular weight excluding hydrogens is 120 g/mol. The highest BCUT2D eigenvalue weighted by atomic mass is 14.1. The molecule has 1 atom stereocenters. The normalized spacial score (nSPS) is 25.7. The van der Waals surface area contributed by atoms with Crippen LogP contribution in [0.2, 0.25) is 0 Å². The van der Waals surface area contributed by atoms with Crippen LogP contribution in [0.25, 0.3) is 0 Å². The molecule has 1 rings (SSSR count). The van der Waals surface area contributed by atoms with Gasteiger partial charge in [-0.3, -0.25) is 0 Å². The Balaban J connectivity index is 2.74. The van der Waals surface area contributed by atoms with E-state index in [1.165, 1.54) is 18.4 Å². The molecule has 0 amide bonds. The van der Waals surface area contributed by atoms with Crippen LogP contribution in [0, 0.1) is 5.92 Å². The molecule has 0 radical (unpaired) electrons. The standard InChI is InChI=1S/C10H16/c1-4-10-7-8(2)5-6-9(10)3/h5-6,8H,4,7H2,1-3H3. The maximum absolute atomic E-state index is 2.30. The van der Waals surface area contributed by atoms with Gasteiger partial charge in [-0.15, -0.1) is 0 Å². The van der Waals surface area contributed by atoms with Crippen LogP contribution in [0.3, 0.4) is 0 Å². The first-order valence-corrected chi connectivity index (χ1v) is 4.11. The van der Waals surface area contributed by atoms with E-state index in [1.54, 1.807) is 5.57 Å². The Morgan fingerprint density at radius 3 is 2.80 bits per heavy atom. The predicted molar refractivity (Wildman–Crippen MR) is 45.9 cm³/mol. The molecule has 1 aliphatic carbocycles. The average molecular weight is 136 g/mol. The lowest BCUT2D eigenvalue weighted by molar-refractivity contribution is 0.681. The number of hydrogen-bond acceptors (Lipinski definition) is 0. The van der Waals surface area contributed by atoms with Crippen molar-refractivity contribution >= 4 is 0 Å². The molecule has 1 unspecified atom stereocenters. The smallest absolute Gasteiger partial charge is 0.0221 e. The summed E-state index contributed by atoms with van der Waals surface area (Å²) in [5.74, 6) is 0.763. The lowest BCUT2D eigenvalue weighted by Gasteiger charge is -2.16. The van der Waals surface area contributed by atoms with Crippen LogP contribution in [0.15, 0.2) is 23.3 Å². The summed E-state index contributed by atoms with van der Waals surface area (Å²) in [6, 6.07) is 0. The van der Waals surface area contributed by atoms with Gasteiger partial charge in [0.25, 0.3) is 0 Å². The fourth-order valence-electron chi connectivity index (χ4n) is 1.47. The Kier molecular flexibility index (Phi) is 2.31. The lowest BCUT2D eigenvalue weighted by atomic mass is 9.90. The topological polar surface area (TPSA) is 0 Å². The van der Waals surface area contributed by atoms with Crippen molar-refractivity contribution in [1.29, 1.82) is 0 Å². The molecule has 0 heteroatoms. The summed E-state index contributed by atoms with van der Waals surface area (Å²) >= 11 is 0. The molecule has 0 nitrogen and oxygen atoms in total. The zero-order chi connectivity index (χ0) is 7.56. The third kappa shape index (κ3) is 1.50. The SMILES string of the molecule is CCC1=C(C)C=CC(C)C1. The Labute approximate surface area is 63.6 Å². The van der Waals surface area contributed by atoms with Crippen LogP contribution >= 0.6 is 0 Å². The number of allylic oxidation sites excluding steroid dienone is 4. The van der Waals surface area contributed by atoms with Crippen molar-refractivity contribution in [3.63, 3.8) is 0 Å². The van der Waals surface area contributed by atoms with Crippen molar-refractivity contribution in [1.82, 2.24) is 0 Å². The molecule has 0 bridgehead atoms. The van der Waals surface area contributed by atoms with E-state index in [1.807, 2.05) is 0 Å². The molecule has 1 aliphatic rings. The zero-order valence-electron chi connectivity index (χ0n) is 7.15. The minimum atomic E-state index is 0.763. The van der Waals surface area contributed by atoms with Crippen molar-refractivity contribution < 1.29 is 0 Å². The van der Waals surface area contributed by atoms with Crippen LogP contribution in [0.5, 0.6) is 0 Å². The highest BCUT2D eigenvalue weighted by molar-refractivity contribution is 5.28. The van der Waals surface area contributed by atoms with Crippen LogP contribution in [-0.2, 0) is 0 Å². The van der Waals surface area contributed by atoms with Crippen LogP contribution in [-0.4, -0.2) is 0 Å². The first-order chi connectivity index (χ1) is 4.74. The highest BCUT2D eigenvalue weighted by Crippen LogP contribution is 2.24. The molecular formula is C10H16. The molecule has 0 aliphatic heterocycles. The minimum absolute atomic E-state index is 0.763. The van der Waals surface area contributed by atoms with E-state index in [2.05, 4.69) is 32.9 Å². The third-order valence-corrected chi connectivity index (χ3v) is 2.23. The van der Waals surface area contributed by atoms with Crippen molar-refractivity contribution in [2.24, 2.45) is 5.92 Å². The summed E-state index contributed by atoms with van der Waals surface area (Å²) in [6.07, 6.45) is 7.06. The molecule has 0 N–H and O–H groups in total. The van der Waals surface area contributed by atoms with Gasteiger partial charge in [-0.05, 0) is 25.7 Å². The van der Waals surface area contributed by atoms with Crippen molar-refractivity contribution in [3.05, 3.63) is 23.3 Å². The molecule has 56 valence electrons. The maximum atomic E-state index is 2.30. The molecule has 0 aromatic rings. The average Bonchev–Trinajstić information content (AvgIpc) is 1.94. The van der Waals surface area contributed by atoms with Gasteiger partial charge in [0.2, 0.25) is 0 Å². The Morgan fingerprint density at radius 2 is 2.30 bits per heavy atom. The first-order valence-electron chi connectivity index (χ1n) is 4.11. The molecule has 0 heterocycles. The van der Waals surface area contributed by atoms with Gasteiger partial charge >= 0.3 is 0 Å². The van der Waals surface area contributed by atoms with Crippen molar-refractivity contribution in [2.45, 2.75) is 33.6 Å². The van der Waals surface area contributed by atoms with E-state index in [4.69, 9.17) is 0 Å². The molecule has 0 saturated carbocycles. The Hall–Kier alpha value is -0.520. The molecule has 0 aromatic heterocycles. The second-order valence-electron chi connectivity index (χ2n) is 3.18. The van der Waals surface area contributed by atoms with Crippen LogP contribution in [0.4, 0.5) is 0 Å². The minimum Gasteiger partial charge on any atom is -0.0811 e. The van der Waals surface area contributed by atoms with Crippen molar-refractivity contribution in [2.75, 3.05) is 0 Å². The summed E-state index contributed by atoms with van der Waals surface area (Å²) in [4.78, 5) is 0. The van der Waals surface area contributed by atoms with Gasteiger partial charge in [-0.25, -0.2) is 0 Å². The monoisotopic (exact) mass is 136 g/mol. The van der Waals surface area contributed by atoms with E-state index < -0.39 is 0 Å². The Bertz CT molecular complexity index is 172. The second kappa shape index (κ2) is 3.05. The quantitative estimate of drug-likeness (QED) is 0.518. The molecule has 0 saturated heterocycles. The fourth-order valence-corrected chi connectivity index (χ4v) is 1.47. The molecule has 10 heavy (non-hydrogen) atoms. The second-order valence-corrected chi connectivity index (χ2v) is 3.18. The van der Waals surface area contributed by atoms with Gasteiger partial charge < -0.3 is 0 Å². The summed E-state index contributed by atoms with van der Waals surface area (Å²) in [5.41, 5.74) is 3.12. The zero-order valence-corrected chi connectivity index (χ0v) is 7.15. The fraction of sp³-hybridized carbons (Fsp3) is 0.600. The van der Waals surface area contributed by atoms with Gasteiger partial charge in [-0.2, -0.15) is 0 Å². The summed E-state index contributed by atoms with van der Waals surface area (Å²) < 4.78 is 0. The third-order valence-electron chi connectivity index (χ3n) is 2.23. The number of rotatable bonds is 1. The van der Waals surface area contributed by atoms with E-state index in [9.17, 15) is 0 Å². The van der Waals surface area contributed by atoms with Gasteiger partial charge in [0.1, 0.15) is 0 Å². The molecule has 0 spiro atoms. The highest BCUT2D eigenvalue weighted by Gasteiger charge is 2.07.